The molecule has 3 nitrogen and oxygen atoms in total. The van der Waals surface area contributed by atoms with Gasteiger partial charge < -0.3 is 10.1 Å². The minimum atomic E-state index is -0.318. The van der Waals surface area contributed by atoms with Crippen LogP contribution in [0.5, 0.6) is 0 Å². The molecule has 1 rings (SSSR count). The lowest BCUT2D eigenvalue weighted by molar-refractivity contribution is -0.138. The average molecular weight is 280 g/mol. The Labute approximate surface area is 101 Å². The van der Waals surface area contributed by atoms with Gasteiger partial charge in [-0.25, -0.2) is 0 Å². The molecule has 4 heteroatoms. The van der Waals surface area contributed by atoms with E-state index in [0.29, 0.717) is 6.47 Å². The second-order valence-electron chi connectivity index (χ2n) is 4.67. The second-order valence-corrected chi connectivity index (χ2v) is 5.32. The lowest BCUT2D eigenvalue weighted by Gasteiger charge is -2.19. The Balaban J connectivity index is 0.000000265. The van der Waals surface area contributed by atoms with Gasteiger partial charge in [-0.15, -0.1) is 0 Å². The smallest absolute Gasteiger partial charge is 0.293 e. The third kappa shape index (κ3) is 10.2. The predicted molar refractivity (Wildman–Crippen MR) is 66.3 cm³/mol. The molecular weight excluding hydrogens is 258 g/mol. The molecule has 0 amide bonds. The van der Waals surface area contributed by atoms with Crippen LogP contribution in [0.25, 0.3) is 0 Å². The summed E-state index contributed by atoms with van der Waals surface area (Å²) in [6.07, 6.45) is 2.70. The van der Waals surface area contributed by atoms with Crippen LogP contribution < -0.4 is 5.32 Å². The van der Waals surface area contributed by atoms with E-state index in [1.165, 1.54) is 31.3 Å². The molecule has 0 unspecified atom stereocenters. The van der Waals surface area contributed by atoms with Crippen molar-refractivity contribution in [1.82, 2.24) is 5.32 Å². The summed E-state index contributed by atoms with van der Waals surface area (Å²) in [5.41, 5.74) is -0.318. The lowest BCUT2D eigenvalue weighted by atomic mass is 10.0. The normalized spacial score (nSPS) is 17.6. The fraction of sp³-hybridized carbons (Fsp3) is 0.909. The molecule has 0 aromatic carbocycles. The van der Waals surface area contributed by atoms with Crippen molar-refractivity contribution >= 4 is 22.4 Å². The summed E-state index contributed by atoms with van der Waals surface area (Å²) in [7, 11) is 0. The molecule has 1 heterocycles. The highest BCUT2D eigenvalue weighted by atomic mass is 79.9. The van der Waals surface area contributed by atoms with Crippen LogP contribution in [0.2, 0.25) is 0 Å². The minimum Gasteiger partial charge on any atom is -0.462 e. The first-order chi connectivity index (χ1) is 6.99. The van der Waals surface area contributed by atoms with E-state index in [9.17, 15) is 4.79 Å². The highest BCUT2D eigenvalue weighted by Gasteiger charge is 2.09. The van der Waals surface area contributed by atoms with Gasteiger partial charge in [0.1, 0.15) is 5.60 Å². The number of hydrogen-bond acceptors (Lipinski definition) is 3. The van der Waals surface area contributed by atoms with E-state index >= 15 is 0 Å². The van der Waals surface area contributed by atoms with E-state index in [0.717, 1.165) is 5.92 Å². The van der Waals surface area contributed by atoms with Gasteiger partial charge in [0.2, 0.25) is 0 Å². The van der Waals surface area contributed by atoms with Crippen molar-refractivity contribution < 1.29 is 9.53 Å². The van der Waals surface area contributed by atoms with Crippen LogP contribution in [-0.4, -0.2) is 30.5 Å². The Hall–Kier alpha value is -0.0900. The lowest BCUT2D eigenvalue weighted by Crippen LogP contribution is -2.28. The number of nitrogens with one attached hydrogen (secondary N) is 1. The van der Waals surface area contributed by atoms with Crippen molar-refractivity contribution in [2.75, 3.05) is 18.4 Å². The van der Waals surface area contributed by atoms with Crippen LogP contribution in [0, 0.1) is 5.92 Å². The Morgan fingerprint density at radius 1 is 1.40 bits per heavy atom. The number of hydrogen-bond donors (Lipinski definition) is 1. The average Bonchev–Trinajstić information content (AvgIpc) is 2.18. The molecule has 0 aliphatic carbocycles. The van der Waals surface area contributed by atoms with Crippen LogP contribution in [-0.2, 0) is 9.53 Å². The highest BCUT2D eigenvalue weighted by molar-refractivity contribution is 9.09. The quantitative estimate of drug-likeness (QED) is 0.623. The van der Waals surface area contributed by atoms with E-state index in [1.54, 1.807) is 0 Å². The number of halogens is 1. The first-order valence-electron chi connectivity index (χ1n) is 5.37. The Morgan fingerprint density at radius 2 is 1.93 bits per heavy atom. The Morgan fingerprint density at radius 3 is 2.13 bits per heavy atom. The van der Waals surface area contributed by atoms with Crippen molar-refractivity contribution in [2.24, 2.45) is 5.92 Å². The van der Waals surface area contributed by atoms with E-state index in [2.05, 4.69) is 26.0 Å². The predicted octanol–water partition coefficient (Wildman–Crippen LogP) is 2.34. The fourth-order valence-electron chi connectivity index (χ4n) is 1.18. The van der Waals surface area contributed by atoms with Crippen LogP contribution >= 0.6 is 15.9 Å². The van der Waals surface area contributed by atoms with Gasteiger partial charge in [0, 0.05) is 5.33 Å². The Kier molecular flexibility index (Phi) is 8.06. The zero-order valence-electron chi connectivity index (χ0n) is 9.88. The van der Waals surface area contributed by atoms with Gasteiger partial charge in [0.05, 0.1) is 0 Å². The van der Waals surface area contributed by atoms with Gasteiger partial charge >= 0.3 is 0 Å². The molecule has 0 radical (unpaired) electrons. The van der Waals surface area contributed by atoms with E-state index in [-0.39, 0.29) is 5.60 Å². The summed E-state index contributed by atoms with van der Waals surface area (Å²) in [4.78, 5) is 9.60. The van der Waals surface area contributed by atoms with E-state index < -0.39 is 0 Å². The first kappa shape index (κ1) is 14.9. The first-order valence-corrected chi connectivity index (χ1v) is 6.50. The fourth-order valence-corrected chi connectivity index (χ4v) is 1.83. The largest absolute Gasteiger partial charge is 0.462 e. The van der Waals surface area contributed by atoms with Crippen LogP contribution in [0.3, 0.4) is 0 Å². The molecular formula is C11H22BrNO2. The summed E-state index contributed by atoms with van der Waals surface area (Å²) in [5, 5.41) is 4.52. The second kappa shape index (κ2) is 8.11. The molecule has 1 aliphatic rings. The highest BCUT2D eigenvalue weighted by Crippen LogP contribution is 2.13. The number of carbonyl (C=O) groups excluding carboxylic acids is 1. The molecule has 0 aromatic heterocycles. The van der Waals surface area contributed by atoms with Gasteiger partial charge in [0.25, 0.3) is 6.47 Å². The maximum atomic E-state index is 9.60. The van der Waals surface area contributed by atoms with Gasteiger partial charge in [-0.3, -0.25) is 4.79 Å². The molecule has 1 fully saturated rings. The van der Waals surface area contributed by atoms with Gasteiger partial charge in [0.15, 0.2) is 0 Å². The molecule has 1 saturated heterocycles. The van der Waals surface area contributed by atoms with Crippen molar-refractivity contribution in [3.05, 3.63) is 0 Å². The number of alkyl halides is 1. The SMILES string of the molecule is BrCC1CCNCC1.CC(C)(C)OC=O. The third-order valence-corrected chi connectivity index (χ3v) is 2.99. The zero-order valence-corrected chi connectivity index (χ0v) is 11.5. The molecule has 15 heavy (non-hydrogen) atoms. The summed E-state index contributed by atoms with van der Waals surface area (Å²) >= 11 is 3.48. The zero-order chi connectivity index (χ0) is 11.7. The van der Waals surface area contributed by atoms with Crippen molar-refractivity contribution in [1.29, 1.82) is 0 Å². The molecule has 0 atom stereocenters. The maximum Gasteiger partial charge on any atom is 0.293 e. The number of carbonyl (C=O) groups is 1. The van der Waals surface area contributed by atoms with Gasteiger partial charge in [-0.1, -0.05) is 15.9 Å². The summed E-state index contributed by atoms with van der Waals surface area (Å²) in [6.45, 7) is 8.36. The molecule has 0 bridgehead atoms. The summed E-state index contributed by atoms with van der Waals surface area (Å²) in [5.74, 6) is 0.941. The Bertz CT molecular complexity index is 162. The third-order valence-electron chi connectivity index (χ3n) is 2.08. The molecule has 90 valence electrons. The standard InChI is InChI=1S/C6H12BrN.C5H10O2/c7-5-6-1-3-8-4-2-6;1-5(2,3)7-4-6/h6,8H,1-5H2;4H,1-3H3. The van der Waals surface area contributed by atoms with Crippen LogP contribution in [0.4, 0.5) is 0 Å². The molecule has 1 N–H and O–H groups in total. The van der Waals surface area contributed by atoms with E-state index in [1.807, 2.05) is 20.8 Å². The monoisotopic (exact) mass is 279 g/mol. The number of piperidine rings is 1. The molecule has 0 aromatic rings. The number of ether oxygens (including phenoxy) is 1. The van der Waals surface area contributed by atoms with Crippen LogP contribution in [0.15, 0.2) is 0 Å². The van der Waals surface area contributed by atoms with Crippen LogP contribution in [0.1, 0.15) is 33.6 Å². The van der Waals surface area contributed by atoms with Gasteiger partial charge in [-0.2, -0.15) is 0 Å². The minimum absolute atomic E-state index is 0.318. The summed E-state index contributed by atoms with van der Waals surface area (Å²) in [6, 6.07) is 0. The maximum absolute atomic E-state index is 9.60. The molecule has 1 aliphatic heterocycles. The van der Waals surface area contributed by atoms with Crippen molar-refractivity contribution in [3.8, 4) is 0 Å². The summed E-state index contributed by atoms with van der Waals surface area (Å²) < 4.78 is 4.55. The number of rotatable bonds is 2. The molecule has 0 spiro atoms. The van der Waals surface area contributed by atoms with E-state index in [4.69, 9.17) is 0 Å². The van der Waals surface area contributed by atoms with Crippen molar-refractivity contribution in [3.63, 3.8) is 0 Å². The molecule has 0 saturated carbocycles. The topological polar surface area (TPSA) is 38.3 Å². The van der Waals surface area contributed by atoms with Gasteiger partial charge in [-0.05, 0) is 52.6 Å². The van der Waals surface area contributed by atoms with Crippen molar-refractivity contribution in [2.45, 2.75) is 39.2 Å².